The molecule has 1 nitrogen and oxygen atoms in total. The molecule has 0 bridgehead atoms. The van der Waals surface area contributed by atoms with Gasteiger partial charge in [0.15, 0.2) is 0 Å². The van der Waals surface area contributed by atoms with Gasteiger partial charge in [0.05, 0.1) is 5.69 Å². The van der Waals surface area contributed by atoms with Crippen LogP contribution in [0.1, 0.15) is 50.5 Å². The SMILES string of the molecule is c1ccc2c(c1)N=C1CCC[C@@H]3CCCC[C@@]123. The Kier molecular flexibility index (Phi) is 2.00. The Labute approximate surface area is 103 Å². The third kappa shape index (κ3) is 1.17. The Morgan fingerprint density at radius 3 is 2.94 bits per heavy atom. The number of benzene rings is 1. The molecule has 2 saturated carbocycles. The first-order valence-electron chi connectivity index (χ1n) is 7.09. The van der Waals surface area contributed by atoms with Crippen LogP contribution < -0.4 is 0 Å². The molecule has 1 aliphatic heterocycles. The summed E-state index contributed by atoms with van der Waals surface area (Å²) in [7, 11) is 0. The van der Waals surface area contributed by atoms with Gasteiger partial charge in [0, 0.05) is 11.1 Å². The van der Waals surface area contributed by atoms with Gasteiger partial charge in [-0.3, -0.25) is 4.99 Å². The van der Waals surface area contributed by atoms with Crippen LogP contribution in [0, 0.1) is 5.92 Å². The minimum absolute atomic E-state index is 0.368. The molecule has 1 aromatic rings. The van der Waals surface area contributed by atoms with Crippen LogP contribution in [0.15, 0.2) is 29.3 Å². The van der Waals surface area contributed by atoms with Crippen LogP contribution in [-0.4, -0.2) is 5.71 Å². The maximum absolute atomic E-state index is 4.97. The fourth-order valence-electron chi connectivity index (χ4n) is 4.51. The van der Waals surface area contributed by atoms with Gasteiger partial charge in [-0.25, -0.2) is 0 Å². The molecule has 88 valence electrons. The second kappa shape index (κ2) is 3.44. The van der Waals surface area contributed by atoms with E-state index in [2.05, 4.69) is 24.3 Å². The van der Waals surface area contributed by atoms with Crippen LogP contribution in [0.4, 0.5) is 5.69 Å². The van der Waals surface area contributed by atoms with Gasteiger partial charge < -0.3 is 0 Å². The van der Waals surface area contributed by atoms with Crippen LogP contribution in [0.3, 0.4) is 0 Å². The Morgan fingerprint density at radius 2 is 1.94 bits per heavy atom. The molecule has 1 spiro atoms. The highest BCUT2D eigenvalue weighted by atomic mass is 14.8. The van der Waals surface area contributed by atoms with Gasteiger partial charge in [-0.15, -0.1) is 0 Å². The van der Waals surface area contributed by atoms with Crippen molar-refractivity contribution in [2.24, 2.45) is 10.9 Å². The molecule has 0 radical (unpaired) electrons. The van der Waals surface area contributed by atoms with Crippen molar-refractivity contribution < 1.29 is 0 Å². The maximum Gasteiger partial charge on any atom is 0.0671 e. The first-order valence-corrected chi connectivity index (χ1v) is 7.09. The van der Waals surface area contributed by atoms with Crippen molar-refractivity contribution in [2.45, 2.75) is 50.4 Å². The van der Waals surface area contributed by atoms with Gasteiger partial charge in [0.1, 0.15) is 0 Å². The summed E-state index contributed by atoms with van der Waals surface area (Å²) in [6.45, 7) is 0. The summed E-state index contributed by atoms with van der Waals surface area (Å²) in [6, 6.07) is 8.89. The van der Waals surface area contributed by atoms with Gasteiger partial charge in [-0.2, -0.15) is 0 Å². The second-order valence-corrected chi connectivity index (χ2v) is 5.88. The number of hydrogen-bond donors (Lipinski definition) is 0. The zero-order valence-electron chi connectivity index (χ0n) is 10.3. The zero-order chi connectivity index (χ0) is 11.3. The standard InChI is InChI=1S/C16H19N/c1-2-9-14-13(8-1)16-11-4-3-6-12(16)7-5-10-15(16)17-14/h1-2,8-9,12H,3-7,10-11H2/t12-,16-/m0/s1. The lowest BCUT2D eigenvalue weighted by atomic mass is 9.56. The predicted molar refractivity (Wildman–Crippen MR) is 71.0 cm³/mol. The van der Waals surface area contributed by atoms with Gasteiger partial charge in [0.25, 0.3) is 0 Å². The van der Waals surface area contributed by atoms with Crippen molar-refractivity contribution >= 4 is 11.4 Å². The lowest BCUT2D eigenvalue weighted by Crippen LogP contribution is -2.45. The minimum atomic E-state index is 0.368. The summed E-state index contributed by atoms with van der Waals surface area (Å²) >= 11 is 0. The smallest absolute Gasteiger partial charge is 0.0671 e. The van der Waals surface area contributed by atoms with E-state index < -0.39 is 0 Å². The van der Waals surface area contributed by atoms with E-state index in [1.165, 1.54) is 56.3 Å². The van der Waals surface area contributed by atoms with E-state index in [4.69, 9.17) is 4.99 Å². The van der Waals surface area contributed by atoms with Crippen LogP contribution in [0.25, 0.3) is 0 Å². The Hall–Kier alpha value is -1.11. The molecule has 3 aliphatic rings. The maximum atomic E-state index is 4.97. The highest BCUT2D eigenvalue weighted by Gasteiger charge is 2.51. The number of nitrogens with zero attached hydrogens (tertiary/aromatic N) is 1. The molecular formula is C16H19N. The van der Waals surface area contributed by atoms with E-state index in [1.54, 1.807) is 5.56 Å². The molecule has 1 heterocycles. The molecule has 2 fully saturated rings. The van der Waals surface area contributed by atoms with Crippen LogP contribution in [0.2, 0.25) is 0 Å². The molecule has 17 heavy (non-hydrogen) atoms. The van der Waals surface area contributed by atoms with E-state index in [1.807, 2.05) is 0 Å². The van der Waals surface area contributed by atoms with Crippen LogP contribution in [-0.2, 0) is 5.41 Å². The van der Waals surface area contributed by atoms with Crippen molar-refractivity contribution in [3.63, 3.8) is 0 Å². The summed E-state index contributed by atoms with van der Waals surface area (Å²) in [4.78, 5) is 4.97. The largest absolute Gasteiger partial charge is 0.257 e. The topological polar surface area (TPSA) is 12.4 Å². The van der Waals surface area contributed by atoms with Crippen molar-refractivity contribution in [2.75, 3.05) is 0 Å². The predicted octanol–water partition coefficient (Wildman–Crippen LogP) is 4.38. The average molecular weight is 225 g/mol. The molecule has 4 rings (SSSR count). The third-order valence-electron chi connectivity index (χ3n) is 5.19. The normalized spacial score (nSPS) is 34.6. The van der Waals surface area contributed by atoms with E-state index in [0.717, 1.165) is 5.92 Å². The van der Waals surface area contributed by atoms with Crippen LogP contribution in [0.5, 0.6) is 0 Å². The summed E-state index contributed by atoms with van der Waals surface area (Å²) in [5, 5.41) is 0. The van der Waals surface area contributed by atoms with E-state index in [-0.39, 0.29) is 0 Å². The molecule has 2 aliphatic carbocycles. The number of aliphatic imine (C=N–C) groups is 1. The fraction of sp³-hybridized carbons (Fsp3) is 0.562. The average Bonchev–Trinajstić information content (AvgIpc) is 2.71. The molecular weight excluding hydrogens is 206 g/mol. The number of hydrogen-bond acceptors (Lipinski definition) is 1. The summed E-state index contributed by atoms with van der Waals surface area (Å²) in [5.74, 6) is 0.882. The van der Waals surface area contributed by atoms with E-state index >= 15 is 0 Å². The quantitative estimate of drug-likeness (QED) is 0.621. The third-order valence-corrected chi connectivity index (χ3v) is 5.19. The Morgan fingerprint density at radius 1 is 1.06 bits per heavy atom. The highest BCUT2D eigenvalue weighted by molar-refractivity contribution is 6.02. The number of fused-ring (bicyclic) bond motifs is 1. The first kappa shape index (κ1) is 9.87. The number of para-hydroxylation sites is 1. The summed E-state index contributed by atoms with van der Waals surface area (Å²) in [5.41, 5.74) is 4.72. The van der Waals surface area contributed by atoms with Crippen molar-refractivity contribution in [3.8, 4) is 0 Å². The lowest BCUT2D eigenvalue weighted by molar-refractivity contribution is 0.221. The molecule has 0 amide bonds. The molecule has 0 unspecified atom stereocenters. The zero-order valence-corrected chi connectivity index (χ0v) is 10.3. The van der Waals surface area contributed by atoms with Crippen LogP contribution >= 0.6 is 0 Å². The molecule has 2 atom stereocenters. The van der Waals surface area contributed by atoms with Crippen molar-refractivity contribution in [3.05, 3.63) is 29.8 Å². The number of rotatable bonds is 0. The van der Waals surface area contributed by atoms with Crippen molar-refractivity contribution in [1.82, 2.24) is 0 Å². The monoisotopic (exact) mass is 225 g/mol. The van der Waals surface area contributed by atoms with E-state index in [0.29, 0.717) is 5.41 Å². The highest BCUT2D eigenvalue weighted by Crippen LogP contribution is 2.56. The fourth-order valence-corrected chi connectivity index (χ4v) is 4.51. The van der Waals surface area contributed by atoms with Gasteiger partial charge in [-0.1, -0.05) is 31.0 Å². The molecule has 0 N–H and O–H groups in total. The van der Waals surface area contributed by atoms with Gasteiger partial charge >= 0.3 is 0 Å². The second-order valence-electron chi connectivity index (χ2n) is 5.88. The minimum Gasteiger partial charge on any atom is -0.257 e. The summed E-state index contributed by atoms with van der Waals surface area (Å²) in [6.07, 6.45) is 9.63. The van der Waals surface area contributed by atoms with Crippen molar-refractivity contribution in [1.29, 1.82) is 0 Å². The molecule has 1 heteroatoms. The molecule has 0 aromatic heterocycles. The first-order chi connectivity index (χ1) is 8.41. The van der Waals surface area contributed by atoms with Gasteiger partial charge in [-0.05, 0) is 49.7 Å². The summed E-state index contributed by atoms with van der Waals surface area (Å²) < 4.78 is 0. The van der Waals surface area contributed by atoms with Gasteiger partial charge in [0.2, 0.25) is 0 Å². The molecule has 1 aromatic carbocycles. The van der Waals surface area contributed by atoms with E-state index in [9.17, 15) is 0 Å². The molecule has 0 saturated heterocycles. The Balaban J connectivity index is 1.93. The Bertz CT molecular complexity index is 486. The lowest BCUT2D eigenvalue weighted by Gasteiger charge is -2.46.